The minimum absolute atomic E-state index is 0.109. The van der Waals surface area contributed by atoms with Crippen LogP contribution in [0.2, 0.25) is 0 Å². The van der Waals surface area contributed by atoms with Gasteiger partial charge in [-0.2, -0.15) is 0 Å². The molecule has 0 aliphatic heterocycles. The second kappa shape index (κ2) is 3.38. The Morgan fingerprint density at radius 2 is 2.06 bits per heavy atom. The normalized spacial score (nSPS) is 12.1. The summed E-state index contributed by atoms with van der Waals surface area (Å²) in [6, 6.07) is 7.77. The Bertz CT molecular complexity index is 635. The second-order valence-corrected chi connectivity index (χ2v) is 4.08. The summed E-state index contributed by atoms with van der Waals surface area (Å²) in [5.74, 6) is -0.489. The van der Waals surface area contributed by atoms with Crippen LogP contribution in [0.1, 0.15) is 27.6 Å². The molecular formula is C13H10N2O2. The zero-order valence-corrected chi connectivity index (χ0v) is 9.27. The SMILES string of the molecule is Cc1nc2c(c(C(=O)O)n1)-c1ccccc1C2. The molecule has 1 N–H and O–H groups in total. The highest BCUT2D eigenvalue weighted by molar-refractivity contribution is 5.96. The number of hydrogen-bond acceptors (Lipinski definition) is 3. The van der Waals surface area contributed by atoms with Crippen molar-refractivity contribution in [2.75, 3.05) is 0 Å². The predicted molar refractivity (Wildman–Crippen MR) is 62.0 cm³/mol. The van der Waals surface area contributed by atoms with E-state index >= 15 is 0 Å². The molecule has 4 nitrogen and oxygen atoms in total. The number of carbonyl (C=O) groups is 1. The Kier molecular flexibility index (Phi) is 1.98. The van der Waals surface area contributed by atoms with Crippen LogP contribution in [0.5, 0.6) is 0 Å². The molecule has 0 atom stereocenters. The van der Waals surface area contributed by atoms with Crippen LogP contribution in [0, 0.1) is 6.92 Å². The van der Waals surface area contributed by atoms with Gasteiger partial charge in [-0.15, -0.1) is 0 Å². The molecule has 1 aliphatic rings. The van der Waals surface area contributed by atoms with Gasteiger partial charge in [0.2, 0.25) is 0 Å². The van der Waals surface area contributed by atoms with Crippen LogP contribution < -0.4 is 0 Å². The minimum Gasteiger partial charge on any atom is -0.476 e. The summed E-state index contributed by atoms with van der Waals surface area (Å²) in [4.78, 5) is 19.6. The first-order valence-corrected chi connectivity index (χ1v) is 5.36. The molecule has 4 heteroatoms. The van der Waals surface area contributed by atoms with Crippen molar-refractivity contribution < 1.29 is 9.90 Å². The number of benzene rings is 1. The van der Waals surface area contributed by atoms with Crippen LogP contribution >= 0.6 is 0 Å². The van der Waals surface area contributed by atoms with Gasteiger partial charge >= 0.3 is 5.97 Å². The molecule has 0 unspecified atom stereocenters. The van der Waals surface area contributed by atoms with Crippen molar-refractivity contribution in [3.8, 4) is 11.1 Å². The summed E-state index contributed by atoms with van der Waals surface area (Å²) in [5, 5.41) is 9.21. The van der Waals surface area contributed by atoms with Crippen molar-refractivity contribution in [1.29, 1.82) is 0 Å². The number of aromatic carboxylic acids is 1. The molecule has 84 valence electrons. The second-order valence-electron chi connectivity index (χ2n) is 4.08. The fraction of sp³-hybridized carbons (Fsp3) is 0.154. The van der Waals surface area contributed by atoms with E-state index in [1.54, 1.807) is 6.92 Å². The number of rotatable bonds is 1. The quantitative estimate of drug-likeness (QED) is 0.689. The molecule has 0 amide bonds. The standard InChI is InChI=1S/C13H10N2O2/c1-7-14-10-6-8-4-2-3-5-9(8)11(10)12(15-7)13(16)17/h2-5H,6H2,1H3,(H,16,17). The highest BCUT2D eigenvalue weighted by Crippen LogP contribution is 2.37. The third-order valence-corrected chi connectivity index (χ3v) is 2.94. The molecule has 1 aromatic heterocycles. The molecule has 0 spiro atoms. The maximum absolute atomic E-state index is 11.2. The molecular weight excluding hydrogens is 216 g/mol. The van der Waals surface area contributed by atoms with Crippen LogP contribution in [0.3, 0.4) is 0 Å². The Balaban J connectivity index is 2.34. The largest absolute Gasteiger partial charge is 0.476 e. The lowest BCUT2D eigenvalue weighted by Gasteiger charge is -2.05. The van der Waals surface area contributed by atoms with Gasteiger partial charge in [-0.3, -0.25) is 0 Å². The first kappa shape index (κ1) is 9.96. The number of hydrogen-bond donors (Lipinski definition) is 1. The summed E-state index contributed by atoms with van der Waals surface area (Å²) in [6.07, 6.45) is 0.690. The zero-order valence-electron chi connectivity index (χ0n) is 9.27. The highest BCUT2D eigenvalue weighted by Gasteiger charge is 2.26. The van der Waals surface area contributed by atoms with E-state index in [1.807, 2.05) is 24.3 Å². The fourth-order valence-electron chi connectivity index (χ4n) is 2.30. The van der Waals surface area contributed by atoms with Gasteiger partial charge in [0.15, 0.2) is 5.69 Å². The fourth-order valence-corrected chi connectivity index (χ4v) is 2.30. The van der Waals surface area contributed by atoms with Crippen LogP contribution in [-0.4, -0.2) is 21.0 Å². The molecule has 17 heavy (non-hydrogen) atoms. The average Bonchev–Trinajstić information content (AvgIpc) is 2.65. The number of fused-ring (bicyclic) bond motifs is 3. The van der Waals surface area contributed by atoms with Gasteiger partial charge in [0, 0.05) is 12.0 Å². The first-order chi connectivity index (χ1) is 8.16. The molecule has 1 aliphatic carbocycles. The maximum Gasteiger partial charge on any atom is 0.355 e. The van der Waals surface area contributed by atoms with Crippen molar-refractivity contribution >= 4 is 5.97 Å². The summed E-state index contributed by atoms with van der Waals surface area (Å²) < 4.78 is 0. The van der Waals surface area contributed by atoms with Gasteiger partial charge in [0.05, 0.1) is 5.69 Å². The van der Waals surface area contributed by atoms with Crippen molar-refractivity contribution in [2.24, 2.45) is 0 Å². The number of aromatic nitrogens is 2. The van der Waals surface area contributed by atoms with E-state index in [2.05, 4.69) is 9.97 Å². The molecule has 2 aromatic rings. The van der Waals surface area contributed by atoms with Crippen LogP contribution in [0.4, 0.5) is 0 Å². The van der Waals surface area contributed by atoms with E-state index < -0.39 is 5.97 Å². The van der Waals surface area contributed by atoms with Crippen molar-refractivity contribution in [1.82, 2.24) is 9.97 Å². The van der Waals surface area contributed by atoms with E-state index in [9.17, 15) is 9.90 Å². The monoisotopic (exact) mass is 226 g/mol. The molecule has 0 fully saturated rings. The van der Waals surface area contributed by atoms with Gasteiger partial charge in [0.1, 0.15) is 5.82 Å². The lowest BCUT2D eigenvalue weighted by molar-refractivity contribution is 0.0691. The van der Waals surface area contributed by atoms with Crippen LogP contribution in [0.15, 0.2) is 24.3 Å². The molecule has 0 bridgehead atoms. The van der Waals surface area contributed by atoms with Gasteiger partial charge in [-0.1, -0.05) is 24.3 Å². The number of nitrogens with zero attached hydrogens (tertiary/aromatic N) is 2. The van der Waals surface area contributed by atoms with Crippen molar-refractivity contribution in [3.63, 3.8) is 0 Å². The van der Waals surface area contributed by atoms with Gasteiger partial charge in [-0.05, 0) is 18.1 Å². The van der Waals surface area contributed by atoms with Gasteiger partial charge in [-0.25, -0.2) is 14.8 Å². The van der Waals surface area contributed by atoms with E-state index in [1.165, 1.54) is 0 Å². The van der Waals surface area contributed by atoms with E-state index in [-0.39, 0.29) is 5.69 Å². The zero-order chi connectivity index (χ0) is 12.0. The van der Waals surface area contributed by atoms with Crippen molar-refractivity contribution in [2.45, 2.75) is 13.3 Å². The third-order valence-electron chi connectivity index (χ3n) is 2.94. The molecule has 1 heterocycles. The topological polar surface area (TPSA) is 63.1 Å². The summed E-state index contributed by atoms with van der Waals surface area (Å²) in [7, 11) is 0. The summed E-state index contributed by atoms with van der Waals surface area (Å²) >= 11 is 0. The summed E-state index contributed by atoms with van der Waals surface area (Å²) in [5.41, 5.74) is 3.66. The Morgan fingerprint density at radius 1 is 1.29 bits per heavy atom. The Hall–Kier alpha value is -2.23. The number of carboxylic acid groups (broad SMARTS) is 1. The Labute approximate surface area is 98.0 Å². The molecule has 0 saturated carbocycles. The summed E-state index contributed by atoms with van der Waals surface area (Å²) in [6.45, 7) is 1.72. The predicted octanol–water partition coefficient (Wildman–Crippen LogP) is 2.05. The van der Waals surface area contributed by atoms with E-state index in [4.69, 9.17) is 0 Å². The molecule has 1 aromatic carbocycles. The van der Waals surface area contributed by atoms with Gasteiger partial charge in [0.25, 0.3) is 0 Å². The van der Waals surface area contributed by atoms with Crippen LogP contribution in [0.25, 0.3) is 11.1 Å². The molecule has 0 radical (unpaired) electrons. The minimum atomic E-state index is -0.997. The number of carboxylic acids is 1. The van der Waals surface area contributed by atoms with Crippen LogP contribution in [-0.2, 0) is 6.42 Å². The first-order valence-electron chi connectivity index (χ1n) is 5.36. The van der Waals surface area contributed by atoms with E-state index in [0.29, 0.717) is 17.8 Å². The van der Waals surface area contributed by atoms with E-state index in [0.717, 1.165) is 16.8 Å². The maximum atomic E-state index is 11.2. The lowest BCUT2D eigenvalue weighted by atomic mass is 10.1. The molecule has 3 rings (SSSR count). The molecule has 0 saturated heterocycles. The highest BCUT2D eigenvalue weighted by atomic mass is 16.4. The van der Waals surface area contributed by atoms with Gasteiger partial charge < -0.3 is 5.11 Å². The van der Waals surface area contributed by atoms with Crippen molar-refractivity contribution in [3.05, 3.63) is 47.0 Å². The lowest BCUT2D eigenvalue weighted by Crippen LogP contribution is -2.07. The number of aryl methyl sites for hydroxylation is 1. The smallest absolute Gasteiger partial charge is 0.355 e. The average molecular weight is 226 g/mol. The Morgan fingerprint density at radius 3 is 2.82 bits per heavy atom. The third kappa shape index (κ3) is 1.41.